The van der Waals surface area contributed by atoms with Gasteiger partial charge in [-0.1, -0.05) is 24.3 Å². The first-order valence-corrected chi connectivity index (χ1v) is 11.1. The van der Waals surface area contributed by atoms with Crippen LogP contribution in [0.25, 0.3) is 0 Å². The molecule has 0 spiro atoms. The number of aromatic nitrogens is 1. The molecular weight excluding hydrogens is 408 g/mol. The van der Waals surface area contributed by atoms with E-state index < -0.39 is 6.10 Å². The molecule has 8 heteroatoms. The molecule has 3 heterocycles. The van der Waals surface area contributed by atoms with Gasteiger partial charge in [-0.3, -0.25) is 9.59 Å². The molecule has 1 fully saturated rings. The zero-order chi connectivity index (χ0) is 22.5. The molecule has 2 aliphatic rings. The van der Waals surface area contributed by atoms with Crippen molar-refractivity contribution in [2.75, 3.05) is 19.6 Å². The molecule has 1 aromatic heterocycles. The minimum Gasteiger partial charge on any atom is -0.474 e. The zero-order valence-electron chi connectivity index (χ0n) is 18.3. The Morgan fingerprint density at radius 3 is 2.75 bits per heavy atom. The summed E-state index contributed by atoms with van der Waals surface area (Å²) in [5.74, 6) is 0.194. The van der Waals surface area contributed by atoms with Crippen molar-refractivity contribution in [1.29, 1.82) is 0 Å². The van der Waals surface area contributed by atoms with Crippen LogP contribution in [0.2, 0.25) is 0 Å². The molecule has 1 saturated heterocycles. The van der Waals surface area contributed by atoms with E-state index in [1.807, 2.05) is 17.0 Å². The number of benzene rings is 1. The lowest BCUT2D eigenvalue weighted by molar-refractivity contribution is -0.130. The summed E-state index contributed by atoms with van der Waals surface area (Å²) in [6, 6.07) is 11.3. The maximum Gasteiger partial charge on any atom is 0.251 e. The molecular formula is C24H30N4O4. The fourth-order valence-electron chi connectivity index (χ4n) is 4.27. The first-order chi connectivity index (χ1) is 15.5. The second kappa shape index (κ2) is 10.1. The minimum atomic E-state index is -0.698. The van der Waals surface area contributed by atoms with Gasteiger partial charge in [-0.25, -0.2) is 4.98 Å². The number of nitrogens with one attached hydrogen (secondary N) is 2. The van der Waals surface area contributed by atoms with Crippen LogP contribution in [0.5, 0.6) is 5.88 Å². The van der Waals surface area contributed by atoms with Crippen LogP contribution in [0.1, 0.15) is 41.3 Å². The van der Waals surface area contributed by atoms with E-state index in [1.54, 1.807) is 25.3 Å². The van der Waals surface area contributed by atoms with Crippen LogP contribution in [0.3, 0.4) is 0 Å². The first kappa shape index (κ1) is 22.2. The summed E-state index contributed by atoms with van der Waals surface area (Å²) in [6.07, 6.45) is 3.02. The Morgan fingerprint density at radius 2 is 2.00 bits per heavy atom. The van der Waals surface area contributed by atoms with Crippen molar-refractivity contribution in [1.82, 2.24) is 20.5 Å². The van der Waals surface area contributed by atoms with Crippen molar-refractivity contribution >= 4 is 11.8 Å². The molecule has 0 aliphatic carbocycles. The van der Waals surface area contributed by atoms with Gasteiger partial charge in [-0.05, 0) is 23.6 Å². The maximum atomic E-state index is 12.6. The predicted octanol–water partition coefficient (Wildman–Crippen LogP) is 1.28. The number of pyridine rings is 1. The molecule has 4 rings (SSSR count). The molecule has 32 heavy (non-hydrogen) atoms. The van der Waals surface area contributed by atoms with Crippen LogP contribution in [-0.2, 0) is 17.8 Å². The number of hydrogen-bond acceptors (Lipinski definition) is 6. The van der Waals surface area contributed by atoms with Crippen molar-refractivity contribution in [3.8, 4) is 5.88 Å². The third-order valence-corrected chi connectivity index (χ3v) is 6.22. The normalized spacial score (nSPS) is 19.7. The topological polar surface area (TPSA) is 104 Å². The number of likely N-dealkylation sites (tertiary alicyclic amines) is 1. The van der Waals surface area contributed by atoms with Crippen LogP contribution in [0, 0.1) is 0 Å². The van der Waals surface area contributed by atoms with Crippen LogP contribution in [0.4, 0.5) is 0 Å². The smallest absolute Gasteiger partial charge is 0.251 e. The molecule has 2 amide bonds. The van der Waals surface area contributed by atoms with E-state index in [9.17, 15) is 14.7 Å². The molecule has 0 radical (unpaired) electrons. The van der Waals surface area contributed by atoms with Gasteiger partial charge in [0.2, 0.25) is 11.8 Å². The monoisotopic (exact) mass is 438 g/mol. The number of ether oxygens (including phenoxy) is 1. The van der Waals surface area contributed by atoms with E-state index in [2.05, 4.69) is 27.8 Å². The van der Waals surface area contributed by atoms with E-state index in [0.29, 0.717) is 31.1 Å². The number of fused-ring (bicyclic) bond motifs is 1. The number of amides is 2. The fraction of sp³-hybridized carbons (Fsp3) is 0.458. The number of rotatable bonds is 6. The summed E-state index contributed by atoms with van der Waals surface area (Å²) in [5, 5.41) is 16.7. The predicted molar refractivity (Wildman–Crippen MR) is 119 cm³/mol. The van der Waals surface area contributed by atoms with Gasteiger partial charge in [-0.15, -0.1) is 0 Å². The summed E-state index contributed by atoms with van der Waals surface area (Å²) in [5.41, 5.74) is 2.91. The Hall–Kier alpha value is -2.97. The molecule has 0 saturated carbocycles. The molecule has 170 valence electrons. The SMILES string of the molecule is CC(=O)N1CCC(Oc2cc(C(=O)NCC(O)C3Cc4ccccc4CN3)ccn2)CC1. The van der Waals surface area contributed by atoms with Gasteiger partial charge in [0.15, 0.2) is 0 Å². The van der Waals surface area contributed by atoms with Gasteiger partial charge in [0.25, 0.3) is 5.91 Å². The highest BCUT2D eigenvalue weighted by Gasteiger charge is 2.25. The van der Waals surface area contributed by atoms with Gasteiger partial charge in [0, 0.05) is 69.8 Å². The third kappa shape index (κ3) is 5.44. The van der Waals surface area contributed by atoms with Crippen molar-refractivity contribution in [2.45, 2.75) is 51.0 Å². The lowest BCUT2D eigenvalue weighted by atomic mass is 9.93. The summed E-state index contributed by atoms with van der Waals surface area (Å²) in [4.78, 5) is 30.1. The molecule has 1 aromatic carbocycles. The highest BCUT2D eigenvalue weighted by Crippen LogP contribution is 2.19. The van der Waals surface area contributed by atoms with Crippen LogP contribution in [0.15, 0.2) is 42.6 Å². The Bertz CT molecular complexity index is 959. The maximum absolute atomic E-state index is 12.6. The second-order valence-corrected chi connectivity index (χ2v) is 8.44. The number of piperidine rings is 1. The van der Waals surface area contributed by atoms with E-state index >= 15 is 0 Å². The third-order valence-electron chi connectivity index (χ3n) is 6.22. The molecule has 3 N–H and O–H groups in total. The average Bonchev–Trinajstić information content (AvgIpc) is 2.82. The number of nitrogens with zero attached hydrogens (tertiary/aromatic N) is 2. The second-order valence-electron chi connectivity index (χ2n) is 8.44. The van der Waals surface area contributed by atoms with Crippen LogP contribution < -0.4 is 15.4 Å². The van der Waals surface area contributed by atoms with Gasteiger partial charge < -0.3 is 25.4 Å². The number of carbonyl (C=O) groups excluding carboxylic acids is 2. The van der Waals surface area contributed by atoms with E-state index in [-0.39, 0.29) is 30.5 Å². The van der Waals surface area contributed by atoms with Gasteiger partial charge in [0.05, 0.1) is 6.10 Å². The summed E-state index contributed by atoms with van der Waals surface area (Å²) in [6.45, 7) is 3.77. The van der Waals surface area contributed by atoms with Crippen molar-refractivity contribution in [3.63, 3.8) is 0 Å². The quantitative estimate of drug-likeness (QED) is 0.628. The average molecular weight is 439 g/mol. The van der Waals surface area contributed by atoms with Crippen LogP contribution in [-0.4, -0.2) is 64.7 Å². The summed E-state index contributed by atoms with van der Waals surface area (Å²) >= 11 is 0. The standard InChI is InChI=1S/C24H30N4O4/c1-16(29)28-10-7-20(8-11-28)32-23-13-18(6-9-25-23)24(31)27-15-22(30)21-12-17-4-2-3-5-19(17)14-26-21/h2-6,9,13,20-22,26,30H,7-8,10-12,14-15H2,1H3,(H,27,31). The van der Waals surface area contributed by atoms with E-state index in [4.69, 9.17) is 4.74 Å². The molecule has 8 nitrogen and oxygen atoms in total. The lowest BCUT2D eigenvalue weighted by Crippen LogP contribution is -2.49. The fourth-order valence-corrected chi connectivity index (χ4v) is 4.27. The molecule has 2 aliphatic heterocycles. The molecule has 2 unspecified atom stereocenters. The van der Waals surface area contributed by atoms with Crippen LogP contribution >= 0.6 is 0 Å². The number of carbonyl (C=O) groups is 2. The van der Waals surface area contributed by atoms with Gasteiger partial charge >= 0.3 is 0 Å². The zero-order valence-corrected chi connectivity index (χ0v) is 18.3. The lowest BCUT2D eigenvalue weighted by Gasteiger charge is -2.31. The summed E-state index contributed by atoms with van der Waals surface area (Å²) in [7, 11) is 0. The Labute approximate surface area is 188 Å². The summed E-state index contributed by atoms with van der Waals surface area (Å²) < 4.78 is 5.94. The van der Waals surface area contributed by atoms with E-state index in [0.717, 1.165) is 19.3 Å². The highest BCUT2D eigenvalue weighted by atomic mass is 16.5. The number of hydrogen-bond donors (Lipinski definition) is 3. The number of aliphatic hydroxyl groups excluding tert-OH is 1. The van der Waals surface area contributed by atoms with Crippen molar-refractivity contribution in [2.24, 2.45) is 0 Å². The van der Waals surface area contributed by atoms with E-state index in [1.165, 1.54) is 11.1 Å². The molecule has 2 atom stereocenters. The van der Waals surface area contributed by atoms with Crippen molar-refractivity contribution in [3.05, 3.63) is 59.3 Å². The minimum absolute atomic E-state index is 0.0292. The largest absolute Gasteiger partial charge is 0.474 e. The Kier molecular flexibility index (Phi) is 7.02. The highest BCUT2D eigenvalue weighted by molar-refractivity contribution is 5.94. The first-order valence-electron chi connectivity index (χ1n) is 11.1. The Balaban J connectivity index is 1.27. The van der Waals surface area contributed by atoms with Gasteiger partial charge in [-0.2, -0.15) is 0 Å². The number of aliphatic hydroxyl groups is 1. The van der Waals surface area contributed by atoms with Crippen molar-refractivity contribution < 1.29 is 19.4 Å². The molecule has 2 aromatic rings. The molecule has 0 bridgehead atoms. The Morgan fingerprint density at radius 1 is 1.25 bits per heavy atom. The van der Waals surface area contributed by atoms with Gasteiger partial charge in [0.1, 0.15) is 6.10 Å².